The molecule has 0 unspecified atom stereocenters. The van der Waals surface area contributed by atoms with E-state index in [1.807, 2.05) is 0 Å². The van der Waals surface area contributed by atoms with Crippen molar-refractivity contribution in [2.75, 3.05) is 0 Å². The molecule has 0 N–H and O–H groups in total. The molecule has 0 bridgehead atoms. The molecule has 0 aromatic heterocycles. The minimum absolute atomic E-state index is 0. The van der Waals surface area contributed by atoms with Crippen molar-refractivity contribution in [3.8, 4) is 0 Å². The SMILES string of the molecule is CCCCCCCc1[c-]cccc1CCCCCCC.CCCCCCCc1[c-]cccc1CCCCCCC.CCCCCCCc1[c-]cccc1CCCCCCC.[O-]P([O-])(=S)[S-].[Zn+2].[Zn+2].[Zn+2]. The zero-order valence-electron chi connectivity index (χ0n) is 45.4. The topological polar surface area (TPSA) is 46.1 Å². The largest absolute Gasteiger partial charge is 2.00 e. The van der Waals surface area contributed by atoms with Crippen molar-refractivity contribution in [1.29, 1.82) is 0 Å². The first-order valence-corrected chi connectivity index (χ1v) is 31.0. The normalized spacial score (nSPS) is 10.5. The number of hydrogen-bond donors (Lipinski definition) is 0. The van der Waals surface area contributed by atoms with Crippen molar-refractivity contribution in [1.82, 2.24) is 0 Å². The predicted octanol–water partition coefficient (Wildman–Crippen LogP) is 18.0. The molecule has 8 heteroatoms. The molecule has 0 atom stereocenters. The quantitative estimate of drug-likeness (QED) is 0.0191. The van der Waals surface area contributed by atoms with Gasteiger partial charge in [-0.2, -0.15) is 118 Å². The summed E-state index contributed by atoms with van der Waals surface area (Å²) in [5, 5.41) is 0. The molecule has 0 fully saturated rings. The van der Waals surface area contributed by atoms with E-state index >= 15 is 0 Å². The summed E-state index contributed by atoms with van der Waals surface area (Å²) in [7, 11) is 0. The molecule has 3 aromatic carbocycles. The molecule has 0 saturated carbocycles. The van der Waals surface area contributed by atoms with Gasteiger partial charge in [-0.15, -0.1) is 0 Å². The fraction of sp³-hybridized carbons (Fsp3) is 0.700. The maximum atomic E-state index is 9.29. The van der Waals surface area contributed by atoms with Crippen molar-refractivity contribution in [3.63, 3.8) is 0 Å². The Labute approximate surface area is 472 Å². The van der Waals surface area contributed by atoms with Crippen LogP contribution in [0.15, 0.2) is 54.6 Å². The molecule has 2 nitrogen and oxygen atoms in total. The molecular weight excluding hydrogens is 1040 g/mol. The maximum absolute atomic E-state index is 9.29. The van der Waals surface area contributed by atoms with Crippen molar-refractivity contribution >= 4 is 29.7 Å². The molecule has 0 amide bonds. The molecule has 3 aromatic rings. The van der Waals surface area contributed by atoms with Crippen LogP contribution in [0.1, 0.15) is 268 Å². The minimum atomic E-state index is -3.72. The Kier molecular flexibility index (Phi) is 62.6. The van der Waals surface area contributed by atoms with E-state index in [4.69, 9.17) is 0 Å². The predicted molar refractivity (Wildman–Crippen MR) is 292 cm³/mol. The van der Waals surface area contributed by atoms with E-state index < -0.39 is 5.69 Å². The van der Waals surface area contributed by atoms with Gasteiger partial charge in [-0.3, -0.25) is 0 Å². The fourth-order valence-electron chi connectivity index (χ4n) is 8.39. The summed E-state index contributed by atoms with van der Waals surface area (Å²) in [6.45, 7) is 13.7. The summed E-state index contributed by atoms with van der Waals surface area (Å²) in [5.74, 6) is 0. The van der Waals surface area contributed by atoms with E-state index in [1.165, 1.54) is 248 Å². The zero-order valence-corrected chi connectivity index (χ0v) is 56.8. The second kappa shape index (κ2) is 56.7. The monoisotopic (exact) mass is 1140 g/mol. The van der Waals surface area contributed by atoms with Crippen molar-refractivity contribution in [2.24, 2.45) is 0 Å². The van der Waals surface area contributed by atoms with Crippen LogP contribution in [-0.4, -0.2) is 0 Å². The Morgan fingerprint density at radius 2 is 0.529 bits per heavy atom. The van der Waals surface area contributed by atoms with Crippen molar-refractivity contribution < 1.29 is 68.2 Å². The Hall–Kier alpha value is 0.450. The smallest absolute Gasteiger partial charge is 0.850 e. The van der Waals surface area contributed by atoms with Crippen LogP contribution in [0, 0.1) is 18.2 Å². The molecule has 0 aliphatic heterocycles. The minimum Gasteiger partial charge on any atom is -0.850 e. The van der Waals surface area contributed by atoms with Gasteiger partial charge < -0.3 is 27.7 Å². The number of aryl methyl sites for hydroxylation is 6. The summed E-state index contributed by atoms with van der Waals surface area (Å²) < 4.78 is 0. The zero-order chi connectivity index (χ0) is 47.9. The molecule has 0 aliphatic carbocycles. The van der Waals surface area contributed by atoms with Gasteiger partial charge in [-0.05, 0) is 0 Å². The van der Waals surface area contributed by atoms with Crippen LogP contribution in [0.5, 0.6) is 0 Å². The Bertz CT molecular complexity index is 1240. The summed E-state index contributed by atoms with van der Waals surface area (Å²) in [6, 6.07) is 30.1. The van der Waals surface area contributed by atoms with Gasteiger partial charge >= 0.3 is 58.4 Å². The van der Waals surface area contributed by atoms with E-state index in [9.17, 15) is 9.79 Å². The second-order valence-corrected chi connectivity index (χ2v) is 22.9. The number of unbranched alkanes of at least 4 members (excludes halogenated alkanes) is 24. The van der Waals surface area contributed by atoms with Gasteiger partial charge in [-0.25, -0.2) is 0 Å². The van der Waals surface area contributed by atoms with Crippen LogP contribution >= 0.6 is 5.69 Å². The van der Waals surface area contributed by atoms with Crippen LogP contribution in [0.25, 0.3) is 0 Å². The first-order chi connectivity index (χ1) is 31.6. The molecule has 0 radical (unpaired) electrons. The van der Waals surface area contributed by atoms with Crippen LogP contribution < -0.4 is 9.79 Å². The average molecular weight is 1140 g/mol. The number of benzene rings is 3. The van der Waals surface area contributed by atoms with Gasteiger partial charge in [0, 0.05) is 0 Å². The van der Waals surface area contributed by atoms with Crippen LogP contribution in [0.4, 0.5) is 0 Å². The standard InChI is InChI=1S/3C20H33.H3O2PS2.3Zn/c3*1-3-5-7-9-11-15-19-17-13-14-18-20(19)16-12-10-8-6-4-2;1-3(2,4)5;;;/h3*13-14,17H,3-12,15-16H2,1-2H3;(H3,1,2,4,5);;;/q3*-1;;3*+2/p-3. The first kappa shape index (κ1) is 75.0. The molecule has 0 spiro atoms. The van der Waals surface area contributed by atoms with Crippen LogP contribution in [-0.2, 0) is 121 Å². The van der Waals surface area contributed by atoms with Gasteiger partial charge in [0.05, 0.1) is 0 Å². The number of rotatable bonds is 36. The molecule has 0 saturated heterocycles. The van der Waals surface area contributed by atoms with Gasteiger partial charge in [0.25, 0.3) is 0 Å². The molecule has 0 heterocycles. The van der Waals surface area contributed by atoms with Crippen LogP contribution in [0.2, 0.25) is 0 Å². The Morgan fingerprint density at radius 1 is 0.353 bits per heavy atom. The third-order valence-corrected chi connectivity index (χ3v) is 12.4. The summed E-state index contributed by atoms with van der Waals surface area (Å²) in [4.78, 5) is 18.6. The fourth-order valence-corrected chi connectivity index (χ4v) is 8.39. The molecule has 374 valence electrons. The molecule has 3 rings (SSSR count). The molecule has 68 heavy (non-hydrogen) atoms. The average Bonchev–Trinajstić information content (AvgIpc) is 3.30. The van der Waals surface area contributed by atoms with E-state index in [1.54, 1.807) is 16.7 Å². The van der Waals surface area contributed by atoms with Gasteiger partial charge in [0.2, 0.25) is 0 Å². The molecule has 0 aliphatic rings. The van der Waals surface area contributed by atoms with Crippen molar-refractivity contribution in [2.45, 2.75) is 273 Å². The third-order valence-electron chi connectivity index (χ3n) is 12.4. The maximum Gasteiger partial charge on any atom is 2.00 e. The van der Waals surface area contributed by atoms with E-state index in [0.717, 1.165) is 0 Å². The number of hydrogen-bond acceptors (Lipinski definition) is 4. The van der Waals surface area contributed by atoms with E-state index in [0.29, 0.717) is 0 Å². The summed E-state index contributed by atoms with van der Waals surface area (Å²) >= 11 is 7.28. The first-order valence-electron chi connectivity index (χ1n) is 27.3. The Morgan fingerprint density at radius 3 is 0.721 bits per heavy atom. The molecular formula is C60H99O2PS2Zn3. The summed E-state index contributed by atoms with van der Waals surface area (Å²) in [6.07, 6.45) is 48.6. The van der Waals surface area contributed by atoms with Crippen LogP contribution in [0.3, 0.4) is 0 Å². The third kappa shape index (κ3) is 50.0. The van der Waals surface area contributed by atoms with E-state index in [2.05, 4.69) is 138 Å². The van der Waals surface area contributed by atoms with Gasteiger partial charge in [0.1, 0.15) is 0 Å². The summed E-state index contributed by atoms with van der Waals surface area (Å²) in [5.41, 5.74) is 5.40. The Balaban J connectivity index is -0.000000420. The second-order valence-electron chi connectivity index (χ2n) is 18.5. The van der Waals surface area contributed by atoms with Crippen molar-refractivity contribution in [3.05, 3.63) is 106 Å². The van der Waals surface area contributed by atoms with Gasteiger partial charge in [-0.1, -0.05) is 273 Å². The van der Waals surface area contributed by atoms with E-state index in [-0.39, 0.29) is 58.4 Å². The van der Waals surface area contributed by atoms with Gasteiger partial charge in [0.15, 0.2) is 0 Å².